The number of azo groups is 1. The fraction of sp³-hybridized carbons (Fsp3) is 0.214. The molecule has 12 nitrogen and oxygen atoms in total. The van der Waals surface area contributed by atoms with E-state index in [2.05, 4.69) is 10.2 Å². The van der Waals surface area contributed by atoms with E-state index in [1.807, 2.05) is 0 Å². The molecule has 2 aromatic rings. The number of hydrogen-bond donors (Lipinski definition) is 4. The molecule has 0 aliphatic heterocycles. The van der Waals surface area contributed by atoms with Crippen molar-refractivity contribution in [2.24, 2.45) is 17.3 Å². The fourth-order valence-electron chi connectivity index (χ4n) is 2.34. The number of anilines is 1. The van der Waals surface area contributed by atoms with E-state index in [-0.39, 0.29) is 28.2 Å². The Kier molecular flexibility index (Phi) is 5.61. The minimum Gasteiger partial charge on any atom is -0.493 e. The van der Waals surface area contributed by atoms with Crippen LogP contribution in [0.4, 0.5) is 17.1 Å². The maximum Gasteiger partial charge on any atom is 0.296 e. The van der Waals surface area contributed by atoms with Gasteiger partial charge in [-0.15, -0.1) is 10.2 Å². The van der Waals surface area contributed by atoms with E-state index in [9.17, 15) is 31.3 Å². The first kappa shape index (κ1) is 21.5. The summed E-state index contributed by atoms with van der Waals surface area (Å²) in [7, 11) is -8.09. The van der Waals surface area contributed by atoms with Gasteiger partial charge in [0.25, 0.3) is 25.8 Å². The van der Waals surface area contributed by atoms with Gasteiger partial charge in [-0.25, -0.2) is 0 Å². The predicted octanol–water partition coefficient (Wildman–Crippen LogP) is 1.03. The Morgan fingerprint density at radius 1 is 1.14 bits per heavy atom. The van der Waals surface area contributed by atoms with Crippen LogP contribution in [-0.4, -0.2) is 35.6 Å². The van der Waals surface area contributed by atoms with Crippen LogP contribution in [0, 0.1) is 6.92 Å². The fourth-order valence-corrected chi connectivity index (χ4v) is 3.64. The van der Waals surface area contributed by atoms with E-state index in [1.165, 1.54) is 13.0 Å². The van der Waals surface area contributed by atoms with Crippen LogP contribution in [0.5, 0.6) is 5.88 Å². The van der Waals surface area contributed by atoms with Gasteiger partial charge in [-0.05, 0) is 30.7 Å². The molecule has 5 N–H and O–H groups in total. The van der Waals surface area contributed by atoms with Crippen molar-refractivity contribution < 1.29 is 31.0 Å². The smallest absolute Gasteiger partial charge is 0.296 e. The van der Waals surface area contributed by atoms with Crippen molar-refractivity contribution in [3.63, 3.8) is 0 Å². The van der Waals surface area contributed by atoms with Gasteiger partial charge in [0.2, 0.25) is 5.88 Å². The zero-order valence-corrected chi connectivity index (χ0v) is 16.2. The second-order valence-corrected chi connectivity index (χ2v) is 8.61. The van der Waals surface area contributed by atoms with E-state index >= 15 is 0 Å². The third kappa shape index (κ3) is 4.53. The van der Waals surface area contributed by atoms with Crippen molar-refractivity contribution in [3.8, 4) is 5.88 Å². The van der Waals surface area contributed by atoms with Crippen molar-refractivity contribution in [1.82, 2.24) is 4.57 Å². The standard InChI is InChI=1S/C14H16N4O8S2/c1-7-9(6-27(21,22)23)13(19)18(2)14(20)12(7)17-16-10-5-8(15)3-4-11(10)28(24,25)26/h3-5,20H,6,15H2,1-2H3,(H,21,22,23)(H,24,25,26). The zero-order chi connectivity index (χ0) is 21.4. The SMILES string of the molecule is Cc1c(N=Nc2cc(N)ccc2S(=O)(=O)O)c(O)n(C)c(=O)c1CS(=O)(=O)O. The van der Waals surface area contributed by atoms with Crippen molar-refractivity contribution in [2.45, 2.75) is 17.6 Å². The summed E-state index contributed by atoms with van der Waals surface area (Å²) in [4.78, 5) is 11.6. The summed E-state index contributed by atoms with van der Waals surface area (Å²) in [5.74, 6) is -1.70. The lowest BCUT2D eigenvalue weighted by Gasteiger charge is -2.12. The molecule has 0 spiro atoms. The lowest BCUT2D eigenvalue weighted by molar-refractivity contribution is 0.422. The van der Waals surface area contributed by atoms with Gasteiger partial charge in [0.1, 0.15) is 22.0 Å². The minimum absolute atomic E-state index is 0.0979. The number of aromatic nitrogens is 1. The van der Waals surface area contributed by atoms with E-state index < -0.39 is 42.3 Å². The van der Waals surface area contributed by atoms with Crippen LogP contribution in [0.2, 0.25) is 0 Å². The van der Waals surface area contributed by atoms with Gasteiger partial charge in [0.15, 0.2) is 0 Å². The summed E-state index contributed by atoms with van der Waals surface area (Å²) >= 11 is 0. The van der Waals surface area contributed by atoms with Crippen molar-refractivity contribution >= 4 is 37.3 Å². The van der Waals surface area contributed by atoms with Gasteiger partial charge < -0.3 is 10.8 Å². The van der Waals surface area contributed by atoms with E-state index in [0.717, 1.165) is 19.2 Å². The molecular weight excluding hydrogens is 416 g/mol. The average molecular weight is 432 g/mol. The molecule has 0 bridgehead atoms. The largest absolute Gasteiger partial charge is 0.493 e. The Balaban J connectivity index is 2.72. The highest BCUT2D eigenvalue weighted by atomic mass is 32.2. The van der Waals surface area contributed by atoms with Crippen LogP contribution in [0.15, 0.2) is 38.1 Å². The van der Waals surface area contributed by atoms with Crippen molar-refractivity contribution in [2.75, 3.05) is 5.73 Å². The summed E-state index contributed by atoms with van der Waals surface area (Å²) in [6.45, 7) is 1.26. The van der Waals surface area contributed by atoms with Crippen LogP contribution in [0.3, 0.4) is 0 Å². The Labute approximate surface area is 159 Å². The molecule has 28 heavy (non-hydrogen) atoms. The first-order chi connectivity index (χ1) is 12.7. The monoisotopic (exact) mass is 432 g/mol. The molecule has 0 radical (unpaired) electrons. The Morgan fingerprint density at radius 3 is 2.29 bits per heavy atom. The quantitative estimate of drug-likeness (QED) is 0.302. The topological polar surface area (TPSA) is 202 Å². The highest BCUT2D eigenvalue weighted by Crippen LogP contribution is 2.34. The second-order valence-electron chi connectivity index (χ2n) is 5.77. The lowest BCUT2D eigenvalue weighted by Crippen LogP contribution is -2.24. The molecular formula is C14H16N4O8S2. The first-order valence-electron chi connectivity index (χ1n) is 7.37. The molecule has 2 rings (SSSR count). The lowest BCUT2D eigenvalue weighted by atomic mass is 10.1. The molecule has 152 valence electrons. The molecule has 1 heterocycles. The van der Waals surface area contributed by atoms with Crippen LogP contribution >= 0.6 is 0 Å². The summed E-state index contributed by atoms with van der Waals surface area (Å²) in [5, 5.41) is 17.5. The number of nitrogens with two attached hydrogens (primary N) is 1. The number of pyridine rings is 1. The molecule has 0 saturated heterocycles. The molecule has 0 amide bonds. The number of rotatable bonds is 5. The van der Waals surface area contributed by atoms with Crippen LogP contribution in [0.25, 0.3) is 0 Å². The molecule has 0 fully saturated rings. The van der Waals surface area contributed by atoms with Gasteiger partial charge in [0.05, 0.1) is 0 Å². The van der Waals surface area contributed by atoms with E-state index in [0.29, 0.717) is 4.57 Å². The summed E-state index contributed by atoms with van der Waals surface area (Å²) < 4.78 is 64.2. The summed E-state index contributed by atoms with van der Waals surface area (Å²) in [6.07, 6.45) is 0. The van der Waals surface area contributed by atoms with Crippen LogP contribution < -0.4 is 11.3 Å². The third-order valence-corrected chi connectivity index (χ3v) is 5.30. The first-order valence-corrected chi connectivity index (χ1v) is 10.4. The summed E-state index contributed by atoms with van der Waals surface area (Å²) in [5.41, 5.74) is 3.64. The van der Waals surface area contributed by atoms with Gasteiger partial charge >= 0.3 is 0 Å². The van der Waals surface area contributed by atoms with E-state index in [4.69, 9.17) is 10.3 Å². The van der Waals surface area contributed by atoms with Gasteiger partial charge in [0, 0.05) is 18.3 Å². The predicted molar refractivity (Wildman–Crippen MR) is 98.2 cm³/mol. The van der Waals surface area contributed by atoms with Crippen LogP contribution in [0.1, 0.15) is 11.1 Å². The van der Waals surface area contributed by atoms with Crippen molar-refractivity contribution in [3.05, 3.63) is 39.7 Å². The molecule has 14 heteroatoms. The third-order valence-electron chi connectivity index (χ3n) is 3.75. The highest BCUT2D eigenvalue weighted by molar-refractivity contribution is 7.86. The number of nitrogen functional groups attached to an aromatic ring is 1. The molecule has 0 aliphatic rings. The minimum atomic E-state index is -4.66. The van der Waals surface area contributed by atoms with Gasteiger partial charge in [-0.1, -0.05) is 0 Å². The summed E-state index contributed by atoms with van der Waals surface area (Å²) in [6, 6.07) is 3.30. The molecule has 0 aliphatic carbocycles. The highest BCUT2D eigenvalue weighted by Gasteiger charge is 2.22. The Bertz CT molecular complexity index is 1250. The van der Waals surface area contributed by atoms with Gasteiger partial charge in [-0.3, -0.25) is 18.5 Å². The normalized spacial score (nSPS) is 12.6. The maximum absolute atomic E-state index is 12.2. The molecule has 1 aromatic heterocycles. The molecule has 1 aromatic carbocycles. The Hall–Kier alpha value is -2.81. The second kappa shape index (κ2) is 7.31. The molecule has 0 saturated carbocycles. The molecule has 0 atom stereocenters. The average Bonchev–Trinajstić information content (AvgIpc) is 2.55. The molecule has 0 unspecified atom stereocenters. The Morgan fingerprint density at radius 2 is 1.75 bits per heavy atom. The number of hydrogen-bond acceptors (Lipinski definition) is 9. The number of nitrogens with zero attached hydrogens (tertiary/aromatic N) is 3. The van der Waals surface area contributed by atoms with Crippen molar-refractivity contribution in [1.29, 1.82) is 0 Å². The zero-order valence-electron chi connectivity index (χ0n) is 14.6. The van der Waals surface area contributed by atoms with E-state index in [1.54, 1.807) is 0 Å². The maximum atomic E-state index is 12.2. The van der Waals surface area contributed by atoms with Crippen LogP contribution in [-0.2, 0) is 33.0 Å². The number of benzene rings is 1. The number of aromatic hydroxyl groups is 1. The van der Waals surface area contributed by atoms with Gasteiger partial charge in [-0.2, -0.15) is 16.8 Å².